The van der Waals surface area contributed by atoms with E-state index in [2.05, 4.69) is 15.3 Å². The molecule has 0 saturated carbocycles. The topological polar surface area (TPSA) is 57.8 Å². The summed E-state index contributed by atoms with van der Waals surface area (Å²) in [7, 11) is 1.64. The van der Waals surface area contributed by atoms with Crippen LogP contribution in [-0.2, 0) is 12.7 Å². The van der Waals surface area contributed by atoms with Crippen molar-refractivity contribution >= 4 is 10.9 Å². The Morgan fingerprint density at radius 3 is 2.72 bits per heavy atom. The van der Waals surface area contributed by atoms with Crippen LogP contribution in [0.25, 0.3) is 10.9 Å². The number of nitrogens with zero attached hydrogens (tertiary/aromatic N) is 1. The molecule has 0 amide bonds. The van der Waals surface area contributed by atoms with Gasteiger partial charge in [-0.15, -0.1) is 0 Å². The molecule has 0 aliphatic carbocycles. The van der Waals surface area contributed by atoms with Crippen LogP contribution in [0.1, 0.15) is 11.3 Å². The Labute approximate surface area is 99.9 Å². The fraction of sp³-hybridized carbons (Fsp3) is 0.273. The highest BCUT2D eigenvalue weighted by Crippen LogP contribution is 2.31. The number of benzene rings is 1. The lowest BCUT2D eigenvalue weighted by Gasteiger charge is -2.09. The molecule has 96 valence electrons. The fourth-order valence-electron chi connectivity index (χ4n) is 1.70. The van der Waals surface area contributed by atoms with Gasteiger partial charge >= 0.3 is 11.9 Å². The summed E-state index contributed by atoms with van der Waals surface area (Å²) in [6.07, 6.45) is -4.42. The molecular weight excluding hydrogens is 247 g/mol. The SMILES string of the molecule is CNCc1[nH]c(=O)nc2ccc(C(F)(F)F)cc12. The fourth-order valence-corrected chi connectivity index (χ4v) is 1.70. The Balaban J connectivity index is 2.70. The molecule has 1 aromatic carbocycles. The highest BCUT2D eigenvalue weighted by Gasteiger charge is 2.30. The molecule has 1 heterocycles. The Morgan fingerprint density at radius 2 is 2.11 bits per heavy atom. The van der Waals surface area contributed by atoms with Gasteiger partial charge in [-0.2, -0.15) is 18.2 Å². The summed E-state index contributed by atoms with van der Waals surface area (Å²) in [6.45, 7) is 0.259. The van der Waals surface area contributed by atoms with Gasteiger partial charge in [0, 0.05) is 17.6 Å². The predicted molar refractivity (Wildman–Crippen MR) is 60.1 cm³/mol. The van der Waals surface area contributed by atoms with E-state index in [1.54, 1.807) is 7.05 Å². The first-order chi connectivity index (χ1) is 8.41. The molecule has 0 aliphatic heterocycles. The summed E-state index contributed by atoms with van der Waals surface area (Å²) < 4.78 is 37.8. The van der Waals surface area contributed by atoms with Crippen molar-refractivity contribution in [1.82, 2.24) is 15.3 Å². The summed E-state index contributed by atoms with van der Waals surface area (Å²) in [5.41, 5.74) is -0.704. The molecule has 2 rings (SSSR count). The van der Waals surface area contributed by atoms with Gasteiger partial charge in [0.25, 0.3) is 0 Å². The normalized spacial score (nSPS) is 12.0. The van der Waals surface area contributed by atoms with Crippen molar-refractivity contribution < 1.29 is 13.2 Å². The van der Waals surface area contributed by atoms with Gasteiger partial charge < -0.3 is 10.3 Å². The van der Waals surface area contributed by atoms with Crippen molar-refractivity contribution in [2.75, 3.05) is 7.05 Å². The van der Waals surface area contributed by atoms with Crippen LogP contribution in [0.3, 0.4) is 0 Å². The van der Waals surface area contributed by atoms with E-state index in [1.165, 1.54) is 6.07 Å². The highest BCUT2D eigenvalue weighted by atomic mass is 19.4. The van der Waals surface area contributed by atoms with E-state index < -0.39 is 17.4 Å². The van der Waals surface area contributed by atoms with Gasteiger partial charge in [-0.3, -0.25) is 0 Å². The third kappa shape index (κ3) is 2.35. The monoisotopic (exact) mass is 257 g/mol. The van der Waals surface area contributed by atoms with E-state index in [0.717, 1.165) is 12.1 Å². The average Bonchev–Trinajstić information content (AvgIpc) is 2.27. The third-order valence-corrected chi connectivity index (χ3v) is 2.48. The van der Waals surface area contributed by atoms with Crippen molar-refractivity contribution in [2.24, 2.45) is 0 Å². The molecule has 1 aromatic heterocycles. The summed E-state index contributed by atoms with van der Waals surface area (Å²) >= 11 is 0. The first-order valence-corrected chi connectivity index (χ1v) is 5.16. The maximum Gasteiger partial charge on any atom is 0.416 e. The lowest BCUT2D eigenvalue weighted by molar-refractivity contribution is -0.137. The smallest absolute Gasteiger partial charge is 0.314 e. The predicted octanol–water partition coefficient (Wildman–Crippen LogP) is 1.66. The van der Waals surface area contributed by atoms with Crippen LogP contribution in [0.5, 0.6) is 0 Å². The zero-order valence-corrected chi connectivity index (χ0v) is 9.43. The Hall–Kier alpha value is -1.89. The molecule has 0 bridgehead atoms. The molecule has 2 N–H and O–H groups in total. The molecule has 0 fully saturated rings. The van der Waals surface area contributed by atoms with E-state index in [-0.39, 0.29) is 12.1 Å². The largest absolute Gasteiger partial charge is 0.416 e. The van der Waals surface area contributed by atoms with Crippen molar-refractivity contribution in [3.63, 3.8) is 0 Å². The van der Waals surface area contributed by atoms with Crippen molar-refractivity contribution in [1.29, 1.82) is 0 Å². The number of hydrogen-bond acceptors (Lipinski definition) is 3. The van der Waals surface area contributed by atoms with Crippen LogP contribution in [0, 0.1) is 0 Å². The number of fused-ring (bicyclic) bond motifs is 1. The summed E-state index contributed by atoms with van der Waals surface area (Å²) in [4.78, 5) is 17.3. The molecule has 0 unspecified atom stereocenters. The maximum absolute atomic E-state index is 12.6. The number of aromatic nitrogens is 2. The molecule has 0 spiro atoms. The molecular formula is C11H10F3N3O. The first-order valence-electron chi connectivity index (χ1n) is 5.16. The lowest BCUT2D eigenvalue weighted by Crippen LogP contribution is -2.17. The summed E-state index contributed by atoms with van der Waals surface area (Å²) in [5, 5.41) is 3.07. The second-order valence-corrected chi connectivity index (χ2v) is 3.78. The van der Waals surface area contributed by atoms with E-state index in [4.69, 9.17) is 0 Å². The Kier molecular flexibility index (Phi) is 3.08. The average molecular weight is 257 g/mol. The van der Waals surface area contributed by atoms with Crippen molar-refractivity contribution in [2.45, 2.75) is 12.7 Å². The van der Waals surface area contributed by atoms with Crippen LogP contribution < -0.4 is 11.0 Å². The second kappa shape index (κ2) is 4.41. The second-order valence-electron chi connectivity index (χ2n) is 3.78. The maximum atomic E-state index is 12.6. The van der Waals surface area contributed by atoms with Crippen molar-refractivity contribution in [3.05, 3.63) is 39.9 Å². The van der Waals surface area contributed by atoms with Crippen LogP contribution in [-0.4, -0.2) is 17.0 Å². The van der Waals surface area contributed by atoms with Gasteiger partial charge in [-0.25, -0.2) is 4.79 Å². The van der Waals surface area contributed by atoms with Gasteiger partial charge in [-0.1, -0.05) is 0 Å². The molecule has 0 aliphatic rings. The summed E-state index contributed by atoms with van der Waals surface area (Å²) in [5.74, 6) is 0. The van der Waals surface area contributed by atoms with Crippen LogP contribution in [0.15, 0.2) is 23.0 Å². The van der Waals surface area contributed by atoms with Crippen LogP contribution in [0.2, 0.25) is 0 Å². The lowest BCUT2D eigenvalue weighted by atomic mass is 10.1. The number of rotatable bonds is 2. The molecule has 4 nitrogen and oxygen atoms in total. The molecule has 0 radical (unpaired) electrons. The number of alkyl halides is 3. The Morgan fingerprint density at radius 1 is 1.39 bits per heavy atom. The van der Waals surface area contributed by atoms with E-state index in [0.29, 0.717) is 11.1 Å². The zero-order valence-electron chi connectivity index (χ0n) is 9.43. The van der Waals surface area contributed by atoms with Gasteiger partial charge in [0.2, 0.25) is 0 Å². The standard InChI is InChI=1S/C11H10F3N3O/c1-15-5-9-7-4-6(11(12,13)14)2-3-8(7)16-10(18)17-9/h2-4,15H,5H2,1H3,(H,16,17,18). The number of halogens is 3. The highest BCUT2D eigenvalue weighted by molar-refractivity contribution is 5.81. The number of H-pyrrole nitrogens is 1. The van der Waals surface area contributed by atoms with Gasteiger partial charge in [0.15, 0.2) is 0 Å². The minimum Gasteiger partial charge on any atom is -0.314 e. The summed E-state index contributed by atoms with van der Waals surface area (Å²) in [6, 6.07) is 3.11. The Bertz CT molecular complexity index is 633. The van der Waals surface area contributed by atoms with Gasteiger partial charge in [0.1, 0.15) is 0 Å². The minimum atomic E-state index is -4.42. The van der Waals surface area contributed by atoms with E-state index in [9.17, 15) is 18.0 Å². The van der Waals surface area contributed by atoms with Crippen LogP contribution >= 0.6 is 0 Å². The third-order valence-electron chi connectivity index (χ3n) is 2.48. The number of hydrogen-bond donors (Lipinski definition) is 2. The van der Waals surface area contributed by atoms with Crippen LogP contribution in [0.4, 0.5) is 13.2 Å². The van der Waals surface area contributed by atoms with Gasteiger partial charge in [-0.05, 0) is 25.2 Å². The number of aromatic amines is 1. The quantitative estimate of drug-likeness (QED) is 0.860. The van der Waals surface area contributed by atoms with Crippen molar-refractivity contribution in [3.8, 4) is 0 Å². The van der Waals surface area contributed by atoms with E-state index >= 15 is 0 Å². The molecule has 0 saturated heterocycles. The molecule has 7 heteroatoms. The van der Waals surface area contributed by atoms with Gasteiger partial charge in [0.05, 0.1) is 11.1 Å². The number of nitrogens with one attached hydrogen (secondary N) is 2. The first kappa shape index (κ1) is 12.6. The van der Waals surface area contributed by atoms with E-state index in [1.807, 2.05) is 0 Å². The minimum absolute atomic E-state index is 0.247. The molecule has 2 aromatic rings. The zero-order chi connectivity index (χ0) is 13.3. The molecule has 18 heavy (non-hydrogen) atoms. The molecule has 0 atom stereocenters.